The van der Waals surface area contributed by atoms with E-state index in [0.717, 1.165) is 37.7 Å². The highest BCUT2D eigenvalue weighted by Crippen LogP contribution is 2.55. The molecular weight excluding hydrogens is 538 g/mol. The van der Waals surface area contributed by atoms with E-state index in [9.17, 15) is 14.4 Å². The molecule has 220 valence electrons. The quantitative estimate of drug-likeness (QED) is 0.464. The largest absolute Gasteiger partial charge is 0.494 e. The summed E-state index contributed by atoms with van der Waals surface area (Å²) >= 11 is 0. The Hall–Kier alpha value is -4.05. The summed E-state index contributed by atoms with van der Waals surface area (Å²) in [7, 11) is 0. The van der Waals surface area contributed by atoms with E-state index in [-0.39, 0.29) is 37.1 Å². The predicted molar refractivity (Wildman–Crippen MR) is 152 cm³/mol. The molecule has 1 aliphatic carbocycles. The van der Waals surface area contributed by atoms with Crippen molar-refractivity contribution in [1.82, 2.24) is 10.2 Å². The zero-order valence-electron chi connectivity index (χ0n) is 23.5. The molecule has 42 heavy (non-hydrogen) atoms. The minimum absolute atomic E-state index is 0.0607. The molecule has 7 rings (SSSR count). The number of ether oxygens (including phenoxy) is 4. The summed E-state index contributed by atoms with van der Waals surface area (Å²) in [4.78, 5) is 43.6. The van der Waals surface area contributed by atoms with Crippen molar-refractivity contribution >= 4 is 23.4 Å². The number of amides is 3. The van der Waals surface area contributed by atoms with Gasteiger partial charge in [0, 0.05) is 18.3 Å². The van der Waals surface area contributed by atoms with Crippen LogP contribution in [0.5, 0.6) is 17.2 Å². The first-order chi connectivity index (χ1) is 20.5. The molecule has 5 atom stereocenters. The lowest BCUT2D eigenvalue weighted by Crippen LogP contribution is -2.56. The van der Waals surface area contributed by atoms with Gasteiger partial charge in [0.15, 0.2) is 11.5 Å². The average molecular weight is 574 g/mol. The number of rotatable bonds is 8. The predicted octanol–water partition coefficient (Wildman–Crippen LogP) is 3.55. The maximum atomic E-state index is 14.3. The lowest BCUT2D eigenvalue weighted by atomic mass is 9.74. The van der Waals surface area contributed by atoms with Crippen molar-refractivity contribution in [3.8, 4) is 17.2 Å². The smallest absolute Gasteiger partial charge is 0.246 e. The maximum absolute atomic E-state index is 14.3. The maximum Gasteiger partial charge on any atom is 0.246 e. The van der Waals surface area contributed by atoms with Crippen LogP contribution >= 0.6 is 0 Å². The van der Waals surface area contributed by atoms with Crippen LogP contribution in [0.15, 0.2) is 54.6 Å². The third kappa shape index (κ3) is 4.48. The van der Waals surface area contributed by atoms with Gasteiger partial charge in [0.05, 0.1) is 24.5 Å². The van der Waals surface area contributed by atoms with Crippen molar-refractivity contribution in [2.75, 3.05) is 18.7 Å². The van der Waals surface area contributed by atoms with Crippen LogP contribution < -0.4 is 24.8 Å². The number of benzene rings is 2. The Morgan fingerprint density at radius 3 is 2.60 bits per heavy atom. The number of likely N-dealkylation sites (tertiary alicyclic amines) is 1. The number of anilines is 1. The molecule has 4 heterocycles. The van der Waals surface area contributed by atoms with Gasteiger partial charge in [-0.25, -0.2) is 0 Å². The topological polar surface area (TPSA) is 115 Å². The molecule has 0 aromatic heterocycles. The van der Waals surface area contributed by atoms with Crippen molar-refractivity contribution in [1.29, 1.82) is 0 Å². The highest BCUT2D eigenvalue weighted by Gasteiger charge is 2.72. The summed E-state index contributed by atoms with van der Waals surface area (Å²) in [5.41, 5.74) is 0.171. The molecule has 0 unspecified atom stereocenters. The monoisotopic (exact) mass is 573 g/mol. The number of nitrogens with zero attached hydrogens (tertiary/aromatic N) is 1. The fourth-order valence-electron chi connectivity index (χ4n) is 7.23. The number of hydrogen-bond acceptors (Lipinski definition) is 7. The SMILES string of the molecule is CCOc1ccc(NC(=O)[C@@H]2[C@H]3C=C[C@]4(O3)[C@H](C(=O)NC3CCCCC3)N(Cc3ccc5c(c3)OCO5)C(=O)[C@@H]24)cc1. The van der Waals surface area contributed by atoms with Gasteiger partial charge in [-0.1, -0.05) is 37.5 Å². The second-order valence-corrected chi connectivity index (χ2v) is 11.6. The van der Waals surface area contributed by atoms with Gasteiger partial charge in [0.1, 0.15) is 17.4 Å². The number of nitrogens with one attached hydrogen (secondary N) is 2. The van der Waals surface area contributed by atoms with Crippen LogP contribution in [0.1, 0.15) is 44.6 Å². The Bertz CT molecular complexity index is 1420. The molecule has 4 aliphatic heterocycles. The molecule has 0 radical (unpaired) electrons. The van der Waals surface area contributed by atoms with Gasteiger partial charge in [0.25, 0.3) is 0 Å². The Morgan fingerprint density at radius 1 is 1.02 bits per heavy atom. The number of hydrogen-bond donors (Lipinski definition) is 2. The first-order valence-corrected chi connectivity index (χ1v) is 14.9. The standard InChI is InChI=1S/C32H35N3O7/c1-2-39-22-11-9-21(10-12-22)33-29(36)26-24-14-15-32(42-24)27(26)31(38)35(17-19-8-13-23-25(16-19)41-18-40-23)28(32)30(37)34-20-6-4-3-5-7-20/h8-16,20,24,26-28H,2-7,17-18H2,1H3,(H,33,36)(H,34,37)/t24-,26-,27-,28+,32-/m1/s1. The summed E-state index contributed by atoms with van der Waals surface area (Å²) in [6, 6.07) is 11.8. The Balaban J connectivity index is 1.18. The minimum Gasteiger partial charge on any atom is -0.494 e. The van der Waals surface area contributed by atoms with E-state index in [0.29, 0.717) is 29.5 Å². The first-order valence-electron chi connectivity index (χ1n) is 14.9. The van der Waals surface area contributed by atoms with Crippen LogP contribution in [0.3, 0.4) is 0 Å². The molecule has 2 aromatic rings. The molecule has 2 aromatic carbocycles. The van der Waals surface area contributed by atoms with Crippen LogP contribution in [0.4, 0.5) is 5.69 Å². The average Bonchev–Trinajstić information content (AvgIpc) is 3.76. The van der Waals surface area contributed by atoms with Crippen molar-refractivity contribution in [2.45, 2.75) is 69.4 Å². The van der Waals surface area contributed by atoms with Gasteiger partial charge in [-0.05, 0) is 61.7 Å². The lowest BCUT2D eigenvalue weighted by molar-refractivity contribution is -0.142. The van der Waals surface area contributed by atoms with E-state index in [2.05, 4.69) is 10.6 Å². The van der Waals surface area contributed by atoms with Gasteiger partial charge in [-0.2, -0.15) is 0 Å². The summed E-state index contributed by atoms with van der Waals surface area (Å²) in [6.07, 6.45) is 8.19. The van der Waals surface area contributed by atoms with Crippen LogP contribution in [-0.4, -0.2) is 59.8 Å². The summed E-state index contributed by atoms with van der Waals surface area (Å²) in [6.45, 7) is 2.77. The Kier molecular flexibility index (Phi) is 6.80. The highest BCUT2D eigenvalue weighted by molar-refractivity contribution is 6.02. The van der Waals surface area contributed by atoms with E-state index in [1.807, 2.05) is 37.3 Å². The first kappa shape index (κ1) is 26.8. The van der Waals surface area contributed by atoms with Gasteiger partial charge in [-0.15, -0.1) is 0 Å². The van der Waals surface area contributed by atoms with Crippen molar-refractivity contribution in [3.63, 3.8) is 0 Å². The second kappa shape index (κ2) is 10.7. The van der Waals surface area contributed by atoms with Gasteiger partial charge in [0.2, 0.25) is 24.5 Å². The zero-order chi connectivity index (χ0) is 28.8. The van der Waals surface area contributed by atoms with E-state index in [1.54, 1.807) is 29.2 Å². The second-order valence-electron chi connectivity index (χ2n) is 11.6. The number of carbonyl (C=O) groups excluding carboxylic acids is 3. The molecule has 3 amide bonds. The van der Waals surface area contributed by atoms with E-state index < -0.39 is 29.6 Å². The Labute approximate surface area is 244 Å². The van der Waals surface area contributed by atoms with E-state index in [1.165, 1.54) is 0 Å². The minimum atomic E-state index is -1.22. The van der Waals surface area contributed by atoms with E-state index >= 15 is 0 Å². The van der Waals surface area contributed by atoms with Crippen LogP contribution in [0, 0.1) is 11.8 Å². The zero-order valence-corrected chi connectivity index (χ0v) is 23.5. The van der Waals surface area contributed by atoms with Crippen LogP contribution in [0.25, 0.3) is 0 Å². The fraction of sp³-hybridized carbons (Fsp3) is 0.469. The molecule has 1 saturated carbocycles. The molecule has 10 heteroatoms. The Morgan fingerprint density at radius 2 is 1.81 bits per heavy atom. The summed E-state index contributed by atoms with van der Waals surface area (Å²) in [5.74, 6) is -0.476. The van der Waals surface area contributed by atoms with Crippen LogP contribution in [0.2, 0.25) is 0 Å². The van der Waals surface area contributed by atoms with Crippen molar-refractivity contribution in [2.24, 2.45) is 11.8 Å². The number of carbonyl (C=O) groups is 3. The van der Waals surface area contributed by atoms with E-state index in [4.69, 9.17) is 18.9 Å². The third-order valence-electron chi connectivity index (χ3n) is 9.10. The molecule has 2 N–H and O–H groups in total. The molecule has 3 fully saturated rings. The fourth-order valence-corrected chi connectivity index (χ4v) is 7.23. The number of fused-ring (bicyclic) bond motifs is 2. The molecular formula is C32H35N3O7. The molecule has 2 bridgehead atoms. The van der Waals surface area contributed by atoms with Crippen molar-refractivity contribution in [3.05, 3.63) is 60.2 Å². The molecule has 2 saturated heterocycles. The van der Waals surface area contributed by atoms with Gasteiger partial charge in [-0.3, -0.25) is 14.4 Å². The summed E-state index contributed by atoms with van der Waals surface area (Å²) in [5, 5.41) is 6.19. The lowest BCUT2D eigenvalue weighted by Gasteiger charge is -2.34. The van der Waals surface area contributed by atoms with Crippen molar-refractivity contribution < 1.29 is 33.3 Å². The molecule has 5 aliphatic rings. The van der Waals surface area contributed by atoms with Gasteiger partial charge >= 0.3 is 0 Å². The molecule has 1 spiro atoms. The highest BCUT2D eigenvalue weighted by atomic mass is 16.7. The third-order valence-corrected chi connectivity index (χ3v) is 9.10. The molecule has 10 nitrogen and oxygen atoms in total. The van der Waals surface area contributed by atoms with Crippen LogP contribution in [-0.2, 0) is 25.7 Å². The summed E-state index contributed by atoms with van der Waals surface area (Å²) < 4.78 is 23.0. The normalized spacial score (nSPS) is 29.1. The van der Waals surface area contributed by atoms with Gasteiger partial charge < -0.3 is 34.5 Å².